The van der Waals surface area contributed by atoms with Crippen LogP contribution in [-0.2, 0) is 9.59 Å². The van der Waals surface area contributed by atoms with E-state index in [2.05, 4.69) is 5.32 Å². The molecule has 0 aromatic heterocycles. The molecule has 0 saturated carbocycles. The van der Waals surface area contributed by atoms with Crippen LogP contribution in [0.4, 0.5) is 0 Å². The molecule has 1 rings (SSSR count). The Morgan fingerprint density at radius 1 is 1.57 bits per heavy atom. The molecule has 80 valence electrons. The van der Waals surface area contributed by atoms with Crippen LogP contribution in [0, 0.1) is 0 Å². The Balaban J connectivity index is 2.55. The van der Waals surface area contributed by atoms with Crippen LogP contribution >= 0.6 is 11.8 Å². The summed E-state index contributed by atoms with van der Waals surface area (Å²) in [6.07, 6.45) is 2.66. The maximum atomic E-state index is 11.7. The van der Waals surface area contributed by atoms with Crippen LogP contribution < -0.4 is 5.32 Å². The smallest absolute Gasteiger partial charge is 0.245 e. The van der Waals surface area contributed by atoms with Gasteiger partial charge >= 0.3 is 0 Å². The number of nitrogens with zero attached hydrogens (tertiary/aromatic N) is 1. The van der Waals surface area contributed by atoms with Crippen LogP contribution in [0.5, 0.6) is 0 Å². The maximum absolute atomic E-state index is 11.7. The predicted octanol–water partition coefficient (Wildman–Crippen LogP) is 0.0864. The topological polar surface area (TPSA) is 49.4 Å². The average Bonchev–Trinajstić information content (AvgIpc) is 2.18. The van der Waals surface area contributed by atoms with Crippen LogP contribution in [0.2, 0.25) is 0 Å². The summed E-state index contributed by atoms with van der Waals surface area (Å²) in [6, 6.07) is -0.307. The number of hydrogen-bond donors (Lipinski definition) is 1. The third-order valence-electron chi connectivity index (χ3n) is 2.25. The van der Waals surface area contributed by atoms with Gasteiger partial charge in [0.05, 0.1) is 6.54 Å². The minimum atomic E-state index is -0.307. The Morgan fingerprint density at radius 2 is 2.29 bits per heavy atom. The molecule has 1 aliphatic heterocycles. The normalized spacial score (nSPS) is 22.4. The Bertz CT molecular complexity index is 233. The van der Waals surface area contributed by atoms with Crippen molar-refractivity contribution < 1.29 is 9.59 Å². The first-order chi connectivity index (χ1) is 6.69. The zero-order valence-electron chi connectivity index (χ0n) is 8.58. The van der Waals surface area contributed by atoms with Gasteiger partial charge in [-0.05, 0) is 12.7 Å². The van der Waals surface area contributed by atoms with E-state index in [0.29, 0.717) is 13.0 Å². The zero-order chi connectivity index (χ0) is 10.6. The van der Waals surface area contributed by atoms with Gasteiger partial charge < -0.3 is 10.2 Å². The molecule has 1 fully saturated rings. The van der Waals surface area contributed by atoms with Crippen LogP contribution in [0.1, 0.15) is 13.3 Å². The minimum Gasteiger partial charge on any atom is -0.343 e. The summed E-state index contributed by atoms with van der Waals surface area (Å²) in [6.45, 7) is 2.79. The van der Waals surface area contributed by atoms with Gasteiger partial charge in [-0.15, -0.1) is 0 Å². The molecular weight excluding hydrogens is 200 g/mol. The summed E-state index contributed by atoms with van der Waals surface area (Å²) >= 11 is 1.68. The quantitative estimate of drug-likeness (QED) is 0.724. The Hall–Kier alpha value is -0.710. The number of thioether (sulfide) groups is 1. The van der Waals surface area contributed by atoms with E-state index in [1.54, 1.807) is 16.7 Å². The molecule has 0 aliphatic carbocycles. The second-order valence-corrected chi connectivity index (χ2v) is 4.27. The first-order valence-corrected chi connectivity index (χ1v) is 6.15. The number of hydrogen-bond acceptors (Lipinski definition) is 3. The molecule has 14 heavy (non-hydrogen) atoms. The summed E-state index contributed by atoms with van der Waals surface area (Å²) < 4.78 is 0. The number of piperazine rings is 1. The third kappa shape index (κ3) is 2.64. The molecule has 1 aliphatic rings. The van der Waals surface area contributed by atoms with E-state index < -0.39 is 0 Å². The highest BCUT2D eigenvalue weighted by atomic mass is 32.2. The van der Waals surface area contributed by atoms with Crippen LogP contribution in [0.15, 0.2) is 0 Å². The van der Waals surface area contributed by atoms with Crippen molar-refractivity contribution in [1.29, 1.82) is 0 Å². The molecule has 1 unspecified atom stereocenters. The van der Waals surface area contributed by atoms with Gasteiger partial charge in [0.15, 0.2) is 0 Å². The number of carbonyl (C=O) groups is 2. The molecule has 0 bridgehead atoms. The van der Waals surface area contributed by atoms with Gasteiger partial charge in [-0.3, -0.25) is 9.59 Å². The number of rotatable bonds is 4. The first kappa shape index (κ1) is 11.4. The molecule has 2 amide bonds. The van der Waals surface area contributed by atoms with Gasteiger partial charge in [0.2, 0.25) is 11.8 Å². The monoisotopic (exact) mass is 216 g/mol. The van der Waals surface area contributed by atoms with E-state index in [0.717, 1.165) is 5.75 Å². The predicted molar refractivity (Wildman–Crippen MR) is 57.2 cm³/mol. The van der Waals surface area contributed by atoms with E-state index in [4.69, 9.17) is 0 Å². The van der Waals surface area contributed by atoms with Gasteiger partial charge in [-0.1, -0.05) is 6.92 Å². The van der Waals surface area contributed by atoms with Gasteiger partial charge in [-0.2, -0.15) is 11.8 Å². The fourth-order valence-electron chi connectivity index (χ4n) is 1.44. The molecule has 0 radical (unpaired) electrons. The van der Waals surface area contributed by atoms with E-state index in [1.807, 2.05) is 13.2 Å². The first-order valence-electron chi connectivity index (χ1n) is 4.76. The average molecular weight is 216 g/mol. The third-order valence-corrected chi connectivity index (χ3v) is 2.84. The SMILES string of the molecule is CCC1NC(=O)CN(CCSC)C1=O. The van der Waals surface area contributed by atoms with Gasteiger partial charge in [-0.25, -0.2) is 0 Å². The Kier molecular flexibility index (Phi) is 4.25. The Morgan fingerprint density at radius 3 is 2.86 bits per heavy atom. The standard InChI is InChI=1S/C9H16N2O2S/c1-3-7-9(13)11(4-5-14-2)6-8(12)10-7/h7H,3-6H2,1-2H3,(H,10,12). The molecule has 5 heteroatoms. The van der Waals surface area contributed by atoms with E-state index in [-0.39, 0.29) is 24.4 Å². The zero-order valence-corrected chi connectivity index (χ0v) is 9.39. The second kappa shape index (κ2) is 5.24. The van der Waals surface area contributed by atoms with Crippen molar-refractivity contribution >= 4 is 23.6 Å². The van der Waals surface area contributed by atoms with Crippen molar-refractivity contribution in [1.82, 2.24) is 10.2 Å². The molecule has 1 heterocycles. The van der Waals surface area contributed by atoms with Crippen molar-refractivity contribution in [2.24, 2.45) is 0 Å². The van der Waals surface area contributed by atoms with Gasteiger partial charge in [0.25, 0.3) is 0 Å². The maximum Gasteiger partial charge on any atom is 0.245 e. The van der Waals surface area contributed by atoms with Gasteiger partial charge in [0, 0.05) is 12.3 Å². The summed E-state index contributed by atoms with van der Waals surface area (Å²) in [7, 11) is 0. The van der Waals surface area contributed by atoms with Crippen molar-refractivity contribution in [3.8, 4) is 0 Å². The van der Waals surface area contributed by atoms with Crippen LogP contribution in [-0.4, -0.2) is 47.9 Å². The molecule has 1 N–H and O–H groups in total. The van der Waals surface area contributed by atoms with E-state index in [9.17, 15) is 9.59 Å². The lowest BCUT2D eigenvalue weighted by atomic mass is 10.1. The lowest BCUT2D eigenvalue weighted by Gasteiger charge is -2.31. The van der Waals surface area contributed by atoms with Crippen LogP contribution in [0.3, 0.4) is 0 Å². The van der Waals surface area contributed by atoms with Crippen molar-refractivity contribution in [3.05, 3.63) is 0 Å². The molecule has 1 atom stereocenters. The highest BCUT2D eigenvalue weighted by Crippen LogP contribution is 2.06. The second-order valence-electron chi connectivity index (χ2n) is 3.28. The number of nitrogens with one attached hydrogen (secondary N) is 1. The number of carbonyl (C=O) groups excluding carboxylic acids is 2. The molecule has 0 aromatic rings. The highest BCUT2D eigenvalue weighted by molar-refractivity contribution is 7.98. The summed E-state index contributed by atoms with van der Waals surface area (Å²) in [5.74, 6) is 0.897. The highest BCUT2D eigenvalue weighted by Gasteiger charge is 2.30. The van der Waals surface area contributed by atoms with Gasteiger partial charge in [0.1, 0.15) is 6.04 Å². The minimum absolute atomic E-state index is 0.0439. The molecule has 4 nitrogen and oxygen atoms in total. The molecular formula is C9H16N2O2S. The number of amides is 2. The van der Waals surface area contributed by atoms with Crippen molar-refractivity contribution in [3.63, 3.8) is 0 Å². The molecule has 1 saturated heterocycles. The Labute approximate surface area is 88.4 Å². The largest absolute Gasteiger partial charge is 0.343 e. The van der Waals surface area contributed by atoms with E-state index in [1.165, 1.54) is 0 Å². The fourth-order valence-corrected chi connectivity index (χ4v) is 1.84. The summed E-state index contributed by atoms with van der Waals surface area (Å²) in [5, 5.41) is 2.69. The van der Waals surface area contributed by atoms with Crippen LogP contribution in [0.25, 0.3) is 0 Å². The lowest BCUT2D eigenvalue weighted by molar-refractivity contribution is -0.144. The molecule has 0 aromatic carbocycles. The fraction of sp³-hybridized carbons (Fsp3) is 0.778. The lowest BCUT2D eigenvalue weighted by Crippen LogP contribution is -2.58. The summed E-state index contributed by atoms with van der Waals surface area (Å²) in [4.78, 5) is 24.6. The molecule has 0 spiro atoms. The van der Waals surface area contributed by atoms with Crippen molar-refractivity contribution in [2.45, 2.75) is 19.4 Å². The summed E-state index contributed by atoms with van der Waals surface area (Å²) in [5.41, 5.74) is 0. The van der Waals surface area contributed by atoms with E-state index >= 15 is 0 Å². The van der Waals surface area contributed by atoms with Crippen molar-refractivity contribution in [2.75, 3.05) is 25.1 Å².